The number of rotatable bonds is 10. The normalized spacial score (nSPS) is 10.0. The van der Waals surface area contributed by atoms with Gasteiger partial charge >= 0.3 is 5.97 Å². The average Bonchev–Trinajstić information content (AvgIpc) is 3.15. The maximum absolute atomic E-state index is 13.0. The van der Waals surface area contributed by atoms with E-state index in [1.54, 1.807) is 17.5 Å². The Morgan fingerprint density at radius 3 is 2.32 bits per heavy atom. The first kappa shape index (κ1) is 23.8. The van der Waals surface area contributed by atoms with Gasteiger partial charge in [0.15, 0.2) is 6.61 Å². The smallest absolute Gasteiger partial charge is 0.342 e. The van der Waals surface area contributed by atoms with Crippen molar-refractivity contribution in [3.8, 4) is 11.1 Å². The summed E-state index contributed by atoms with van der Waals surface area (Å²) in [5.74, 6) is -1.38. The number of esters is 1. The van der Waals surface area contributed by atoms with Crippen LogP contribution in [0.15, 0.2) is 72.7 Å². The molecule has 0 unspecified atom stereocenters. The zero-order chi connectivity index (χ0) is 22.8. The van der Waals surface area contributed by atoms with Gasteiger partial charge in [0.05, 0.1) is 0 Å². The number of hydrogen-bond acceptors (Lipinski definition) is 5. The van der Waals surface area contributed by atoms with E-state index in [4.69, 9.17) is 4.74 Å². The topological polar surface area (TPSA) is 75.7 Å². The van der Waals surface area contributed by atoms with Crippen LogP contribution in [-0.2, 0) is 14.3 Å². The molecule has 0 atom stereocenters. The molecule has 0 aliphatic rings. The molecule has 0 bridgehead atoms. The fourth-order valence-electron chi connectivity index (χ4n) is 2.77. The second-order valence-corrected chi connectivity index (χ2v) is 7.76. The molecule has 1 aromatic heterocycles. The number of carbonyl (C=O) groups is 3. The Balaban J connectivity index is 2.29. The molecule has 2 aromatic rings. The SMILES string of the molecule is C=CCN(CC=C)C(=O)COC(=O)c1c(-c2ccccc2)csc1NC(=O)C=C(C)C. The van der Waals surface area contributed by atoms with E-state index in [2.05, 4.69) is 18.5 Å². The lowest BCUT2D eigenvalue weighted by molar-refractivity contribution is -0.133. The molecule has 0 spiro atoms. The Hall–Kier alpha value is -3.45. The van der Waals surface area contributed by atoms with Crippen molar-refractivity contribution in [3.63, 3.8) is 0 Å². The van der Waals surface area contributed by atoms with Crippen LogP contribution in [-0.4, -0.2) is 42.4 Å². The maximum Gasteiger partial charge on any atom is 0.342 e. The number of nitrogens with one attached hydrogen (secondary N) is 1. The molecular weight excluding hydrogens is 412 g/mol. The molecule has 162 valence electrons. The minimum atomic E-state index is -0.682. The van der Waals surface area contributed by atoms with E-state index in [1.165, 1.54) is 22.3 Å². The zero-order valence-corrected chi connectivity index (χ0v) is 18.5. The lowest BCUT2D eigenvalue weighted by Gasteiger charge is -2.19. The van der Waals surface area contributed by atoms with Crippen molar-refractivity contribution in [1.29, 1.82) is 0 Å². The highest BCUT2D eigenvalue weighted by Crippen LogP contribution is 2.36. The molecule has 7 heteroatoms. The highest BCUT2D eigenvalue weighted by molar-refractivity contribution is 7.15. The highest BCUT2D eigenvalue weighted by atomic mass is 32.1. The standard InChI is InChI=1S/C24H26N2O4S/c1-5-12-26(13-6-2)21(28)15-30-24(29)22-19(18-10-8-7-9-11-18)16-31-23(22)25-20(27)14-17(3)4/h5-11,14,16H,1-2,12-13,15H2,3-4H3,(H,25,27). The van der Waals surface area contributed by atoms with Gasteiger partial charge in [-0.15, -0.1) is 24.5 Å². The zero-order valence-electron chi connectivity index (χ0n) is 17.7. The summed E-state index contributed by atoms with van der Waals surface area (Å²) < 4.78 is 5.33. The molecule has 0 aliphatic carbocycles. The van der Waals surface area contributed by atoms with Crippen molar-refractivity contribution in [2.24, 2.45) is 0 Å². The summed E-state index contributed by atoms with van der Waals surface area (Å²) in [6.07, 6.45) is 4.63. The molecule has 0 fully saturated rings. The van der Waals surface area contributed by atoms with E-state index in [0.29, 0.717) is 23.7 Å². The van der Waals surface area contributed by atoms with E-state index >= 15 is 0 Å². The largest absolute Gasteiger partial charge is 0.452 e. The quantitative estimate of drug-likeness (QED) is 0.332. The molecule has 0 radical (unpaired) electrons. The number of nitrogens with zero attached hydrogens (tertiary/aromatic N) is 1. The van der Waals surface area contributed by atoms with Crippen molar-refractivity contribution in [2.45, 2.75) is 13.8 Å². The third-order valence-corrected chi connectivity index (χ3v) is 5.01. The number of carbonyl (C=O) groups excluding carboxylic acids is 3. The first-order valence-corrected chi connectivity index (χ1v) is 10.5. The highest BCUT2D eigenvalue weighted by Gasteiger charge is 2.24. The van der Waals surface area contributed by atoms with Gasteiger partial charge in [-0.25, -0.2) is 4.79 Å². The number of hydrogen-bond donors (Lipinski definition) is 1. The Kier molecular flexibility index (Phi) is 8.96. The van der Waals surface area contributed by atoms with Crippen molar-refractivity contribution < 1.29 is 19.1 Å². The molecular formula is C24H26N2O4S. The molecule has 0 saturated carbocycles. The Morgan fingerprint density at radius 1 is 1.10 bits per heavy atom. The van der Waals surface area contributed by atoms with Crippen LogP contribution in [0.25, 0.3) is 11.1 Å². The maximum atomic E-state index is 13.0. The van der Waals surface area contributed by atoms with Crippen LogP contribution < -0.4 is 5.32 Å². The van der Waals surface area contributed by atoms with Crippen LogP contribution in [0, 0.1) is 0 Å². The van der Waals surface area contributed by atoms with Crippen LogP contribution >= 0.6 is 11.3 Å². The average molecular weight is 439 g/mol. The van der Waals surface area contributed by atoms with Crippen LogP contribution in [0.3, 0.4) is 0 Å². The molecule has 0 aliphatic heterocycles. The van der Waals surface area contributed by atoms with Gasteiger partial charge in [0.2, 0.25) is 5.91 Å². The minimum absolute atomic E-state index is 0.221. The fraction of sp³-hybridized carbons (Fsp3) is 0.208. The van der Waals surface area contributed by atoms with Crippen molar-refractivity contribution in [2.75, 3.05) is 25.0 Å². The van der Waals surface area contributed by atoms with Gasteiger partial charge < -0.3 is 15.0 Å². The lowest BCUT2D eigenvalue weighted by Crippen LogP contribution is -2.35. The second-order valence-electron chi connectivity index (χ2n) is 6.88. The van der Waals surface area contributed by atoms with Gasteiger partial charge in [-0.1, -0.05) is 48.1 Å². The van der Waals surface area contributed by atoms with Gasteiger partial charge in [-0.05, 0) is 19.4 Å². The third kappa shape index (κ3) is 6.79. The predicted octanol–water partition coefficient (Wildman–Crippen LogP) is 4.68. The van der Waals surface area contributed by atoms with E-state index in [0.717, 1.165) is 11.1 Å². The molecule has 1 N–H and O–H groups in total. The number of ether oxygens (including phenoxy) is 1. The Bertz CT molecular complexity index is 978. The number of thiophene rings is 1. The molecule has 31 heavy (non-hydrogen) atoms. The van der Waals surface area contributed by atoms with Crippen LogP contribution in [0.1, 0.15) is 24.2 Å². The lowest BCUT2D eigenvalue weighted by atomic mass is 10.0. The van der Waals surface area contributed by atoms with E-state index < -0.39 is 12.6 Å². The van der Waals surface area contributed by atoms with E-state index in [1.807, 2.05) is 44.2 Å². The van der Waals surface area contributed by atoms with Crippen molar-refractivity contribution >= 4 is 34.1 Å². The summed E-state index contributed by atoms with van der Waals surface area (Å²) in [7, 11) is 0. The van der Waals surface area contributed by atoms with Gasteiger partial charge in [-0.2, -0.15) is 0 Å². The van der Waals surface area contributed by atoms with Gasteiger partial charge in [0.1, 0.15) is 10.6 Å². The Morgan fingerprint density at radius 2 is 1.74 bits per heavy atom. The van der Waals surface area contributed by atoms with Crippen LogP contribution in [0.5, 0.6) is 0 Å². The molecule has 0 saturated heterocycles. The van der Waals surface area contributed by atoms with E-state index in [-0.39, 0.29) is 17.4 Å². The number of amides is 2. The van der Waals surface area contributed by atoms with Crippen molar-refractivity contribution in [1.82, 2.24) is 4.90 Å². The Labute approximate surface area is 186 Å². The summed E-state index contributed by atoms with van der Waals surface area (Å²) in [6.45, 7) is 11.1. The third-order valence-electron chi connectivity index (χ3n) is 4.11. The van der Waals surface area contributed by atoms with Gasteiger partial charge in [-0.3, -0.25) is 9.59 Å². The molecule has 6 nitrogen and oxygen atoms in total. The first-order valence-electron chi connectivity index (χ1n) is 9.66. The molecule has 2 rings (SSSR count). The van der Waals surface area contributed by atoms with Crippen molar-refractivity contribution in [3.05, 3.63) is 78.2 Å². The summed E-state index contributed by atoms with van der Waals surface area (Å²) in [6, 6.07) is 9.31. The monoisotopic (exact) mass is 438 g/mol. The fourth-order valence-corrected chi connectivity index (χ4v) is 3.73. The number of allylic oxidation sites excluding steroid dienone is 1. The minimum Gasteiger partial charge on any atom is -0.452 e. The summed E-state index contributed by atoms with van der Waals surface area (Å²) >= 11 is 1.23. The van der Waals surface area contributed by atoms with Crippen LogP contribution in [0.2, 0.25) is 0 Å². The van der Waals surface area contributed by atoms with E-state index in [9.17, 15) is 14.4 Å². The first-order chi connectivity index (χ1) is 14.9. The molecule has 1 heterocycles. The van der Waals surface area contributed by atoms with Gasteiger partial charge in [0.25, 0.3) is 5.91 Å². The van der Waals surface area contributed by atoms with Crippen LogP contribution in [0.4, 0.5) is 5.00 Å². The summed E-state index contributed by atoms with van der Waals surface area (Å²) in [5, 5.41) is 4.90. The number of benzene rings is 1. The second kappa shape index (κ2) is 11.7. The van der Waals surface area contributed by atoms with Gasteiger partial charge in [0, 0.05) is 30.1 Å². The molecule has 2 amide bonds. The molecule has 1 aromatic carbocycles. The summed E-state index contributed by atoms with van der Waals surface area (Å²) in [5.41, 5.74) is 2.49. The number of anilines is 1. The predicted molar refractivity (Wildman–Crippen MR) is 125 cm³/mol. The summed E-state index contributed by atoms with van der Waals surface area (Å²) in [4.78, 5) is 39.1.